The largest absolute Gasteiger partial charge is 0.465 e. The third-order valence-corrected chi connectivity index (χ3v) is 9.15. The number of β-amino-alcohol motifs (C(OH)–C–C–N with tert-alkyl or cyclic N) is 1. The number of benzene rings is 1. The molecule has 1 unspecified atom stereocenters. The minimum atomic E-state index is -0.896. The SMILES string of the molecule is Cc1cccc(C)c1N1CC=C[C@]23S[C@H]4/C=C\CCCOC(=O)[C@H]4[C@H]2C(=O)N(CCO)C3C1=O. The van der Waals surface area contributed by atoms with Crippen molar-refractivity contribution in [1.82, 2.24) is 4.90 Å². The first-order chi connectivity index (χ1) is 16.4. The fourth-order valence-electron chi connectivity index (χ4n) is 6.03. The van der Waals surface area contributed by atoms with E-state index < -0.39 is 22.6 Å². The van der Waals surface area contributed by atoms with Crippen molar-refractivity contribution in [2.24, 2.45) is 11.8 Å². The van der Waals surface area contributed by atoms with E-state index in [1.54, 1.807) is 4.90 Å². The molecule has 1 aromatic rings. The third-order valence-electron chi connectivity index (χ3n) is 7.40. The first-order valence-electron chi connectivity index (χ1n) is 11.9. The Morgan fingerprint density at radius 2 is 1.91 bits per heavy atom. The van der Waals surface area contributed by atoms with Crippen LogP contribution in [0.3, 0.4) is 0 Å². The van der Waals surface area contributed by atoms with Crippen LogP contribution >= 0.6 is 11.8 Å². The second-order valence-electron chi connectivity index (χ2n) is 9.43. The number of nitrogens with zero attached hydrogens (tertiary/aromatic N) is 2. The molecule has 0 aromatic heterocycles. The molecular weight excluding hydrogens is 452 g/mol. The normalized spacial score (nSPS) is 33.9. The molecule has 2 amide bonds. The number of carbonyl (C=O) groups is 3. The molecule has 5 atom stereocenters. The highest BCUT2D eigenvalue weighted by Gasteiger charge is 2.71. The number of para-hydroxylation sites is 1. The summed E-state index contributed by atoms with van der Waals surface area (Å²) < 4.78 is 4.66. The summed E-state index contributed by atoms with van der Waals surface area (Å²) in [4.78, 5) is 44.5. The van der Waals surface area contributed by atoms with E-state index in [0.29, 0.717) is 13.2 Å². The molecule has 0 bridgehead atoms. The number of hydrogen-bond donors (Lipinski definition) is 1. The lowest BCUT2D eigenvalue weighted by atomic mass is 9.78. The van der Waals surface area contributed by atoms with Gasteiger partial charge in [-0.25, -0.2) is 0 Å². The van der Waals surface area contributed by atoms with E-state index in [0.717, 1.165) is 29.7 Å². The summed E-state index contributed by atoms with van der Waals surface area (Å²) in [7, 11) is 0. The van der Waals surface area contributed by atoms with Gasteiger partial charge in [0.05, 0.1) is 29.8 Å². The Kier molecular flexibility index (Phi) is 6.06. The Morgan fingerprint density at radius 3 is 2.65 bits per heavy atom. The minimum absolute atomic E-state index is 0.0464. The smallest absolute Gasteiger partial charge is 0.311 e. The summed E-state index contributed by atoms with van der Waals surface area (Å²) in [5.41, 5.74) is 2.81. The van der Waals surface area contributed by atoms with E-state index in [2.05, 4.69) is 6.08 Å². The zero-order valence-corrected chi connectivity index (χ0v) is 20.3. The van der Waals surface area contributed by atoms with Crippen molar-refractivity contribution in [3.05, 3.63) is 53.6 Å². The van der Waals surface area contributed by atoms with Gasteiger partial charge in [-0.15, -0.1) is 11.8 Å². The van der Waals surface area contributed by atoms with Gasteiger partial charge < -0.3 is 19.6 Å². The zero-order valence-electron chi connectivity index (χ0n) is 19.5. The molecule has 4 heterocycles. The van der Waals surface area contributed by atoms with Crippen LogP contribution in [0.25, 0.3) is 0 Å². The highest BCUT2D eigenvalue weighted by Crippen LogP contribution is 2.60. The quantitative estimate of drug-likeness (QED) is 0.526. The predicted octanol–water partition coefficient (Wildman–Crippen LogP) is 2.39. The van der Waals surface area contributed by atoms with E-state index in [1.807, 2.05) is 50.3 Å². The van der Waals surface area contributed by atoms with E-state index in [-0.39, 0.29) is 36.2 Å². The lowest BCUT2D eigenvalue weighted by Crippen LogP contribution is -2.54. The maximum absolute atomic E-state index is 14.2. The van der Waals surface area contributed by atoms with Crippen LogP contribution in [-0.2, 0) is 19.1 Å². The van der Waals surface area contributed by atoms with Crippen LogP contribution in [0.2, 0.25) is 0 Å². The van der Waals surface area contributed by atoms with Gasteiger partial charge >= 0.3 is 5.97 Å². The molecule has 7 nitrogen and oxygen atoms in total. The zero-order chi connectivity index (χ0) is 24.0. The molecule has 1 aromatic carbocycles. The second-order valence-corrected chi connectivity index (χ2v) is 10.9. The Balaban J connectivity index is 1.63. The fraction of sp³-hybridized carbons (Fsp3) is 0.500. The molecule has 2 fully saturated rings. The van der Waals surface area contributed by atoms with Gasteiger partial charge in [-0.2, -0.15) is 0 Å². The van der Waals surface area contributed by atoms with Gasteiger partial charge in [-0.3, -0.25) is 14.4 Å². The lowest BCUT2D eigenvalue weighted by molar-refractivity contribution is -0.153. The van der Waals surface area contributed by atoms with Crippen molar-refractivity contribution in [1.29, 1.82) is 0 Å². The second kappa shape index (κ2) is 8.89. The maximum atomic E-state index is 14.2. The number of carbonyl (C=O) groups excluding carboxylic acids is 3. The van der Waals surface area contributed by atoms with Gasteiger partial charge in [0.25, 0.3) is 5.91 Å². The summed E-state index contributed by atoms with van der Waals surface area (Å²) >= 11 is 1.52. The number of likely N-dealkylation sites (tertiary alicyclic amines) is 1. The number of aliphatic hydroxyl groups excluding tert-OH is 1. The topological polar surface area (TPSA) is 87.2 Å². The molecule has 4 aliphatic heterocycles. The van der Waals surface area contributed by atoms with Crippen LogP contribution in [0.1, 0.15) is 24.0 Å². The van der Waals surface area contributed by atoms with Crippen molar-refractivity contribution in [3.8, 4) is 0 Å². The van der Waals surface area contributed by atoms with Crippen molar-refractivity contribution in [3.63, 3.8) is 0 Å². The predicted molar refractivity (Wildman–Crippen MR) is 130 cm³/mol. The van der Waals surface area contributed by atoms with Gasteiger partial charge in [-0.05, 0) is 37.8 Å². The average Bonchev–Trinajstić information content (AvgIpc) is 3.20. The van der Waals surface area contributed by atoms with Gasteiger partial charge in [0.2, 0.25) is 5.91 Å². The summed E-state index contributed by atoms with van der Waals surface area (Å²) in [6.07, 6.45) is 9.56. The van der Waals surface area contributed by atoms with E-state index in [9.17, 15) is 19.5 Å². The molecule has 0 saturated carbocycles. The Hall–Kier alpha value is -2.58. The summed E-state index contributed by atoms with van der Waals surface area (Å²) in [6.45, 7) is 4.45. The number of aryl methyl sites for hydroxylation is 2. The molecule has 180 valence electrons. The van der Waals surface area contributed by atoms with Gasteiger partial charge in [0, 0.05) is 24.0 Å². The number of rotatable bonds is 3. The number of amides is 2. The molecule has 8 heteroatoms. The molecule has 1 spiro atoms. The molecule has 2 saturated heterocycles. The van der Waals surface area contributed by atoms with Crippen LogP contribution < -0.4 is 4.90 Å². The third kappa shape index (κ3) is 3.41. The molecule has 5 rings (SSSR count). The number of hydrogen-bond acceptors (Lipinski definition) is 6. The van der Waals surface area contributed by atoms with Gasteiger partial charge in [-0.1, -0.05) is 42.5 Å². The summed E-state index contributed by atoms with van der Waals surface area (Å²) in [6, 6.07) is 5.11. The van der Waals surface area contributed by atoms with Crippen molar-refractivity contribution in [2.45, 2.75) is 42.7 Å². The van der Waals surface area contributed by atoms with E-state index >= 15 is 0 Å². The lowest BCUT2D eigenvalue weighted by Gasteiger charge is -2.35. The molecular formula is C26H30N2O5S. The average molecular weight is 483 g/mol. The first-order valence-corrected chi connectivity index (χ1v) is 12.8. The maximum Gasteiger partial charge on any atom is 0.311 e. The van der Waals surface area contributed by atoms with Crippen molar-refractivity contribution in [2.75, 3.05) is 31.2 Å². The van der Waals surface area contributed by atoms with Crippen LogP contribution in [0, 0.1) is 25.7 Å². The van der Waals surface area contributed by atoms with E-state index in [1.165, 1.54) is 16.7 Å². The molecule has 0 aliphatic carbocycles. The highest BCUT2D eigenvalue weighted by molar-refractivity contribution is 8.02. The van der Waals surface area contributed by atoms with Gasteiger partial charge in [0.1, 0.15) is 6.04 Å². The van der Waals surface area contributed by atoms with Crippen molar-refractivity contribution < 1.29 is 24.2 Å². The number of allylic oxidation sites excluding steroid dienone is 1. The number of fused-ring (bicyclic) bond motifs is 2. The number of ether oxygens (including phenoxy) is 1. The van der Waals surface area contributed by atoms with Crippen LogP contribution in [0.15, 0.2) is 42.5 Å². The monoisotopic (exact) mass is 482 g/mol. The standard InChI is InChI=1S/C26H30N2O5S/c1-16-8-6-9-17(2)21(16)27-12-7-11-26-20(23(30)28(13-14-29)22(26)24(27)31)19-18(34-26)10-4-3-5-15-33-25(19)32/h4,6-11,18-20,22,29H,3,5,12-15H2,1-2H3/b10-4-/t18-,19+,20-,22?,26-/m0/s1. The Labute approximate surface area is 203 Å². The first kappa shape index (κ1) is 23.2. The molecule has 4 aliphatic rings. The number of esters is 1. The van der Waals surface area contributed by atoms with Crippen LogP contribution in [-0.4, -0.2) is 70.1 Å². The van der Waals surface area contributed by atoms with Crippen molar-refractivity contribution >= 4 is 35.2 Å². The number of aliphatic hydroxyl groups is 1. The highest BCUT2D eigenvalue weighted by atomic mass is 32.2. The summed E-state index contributed by atoms with van der Waals surface area (Å²) in [5, 5.41) is 9.53. The molecule has 1 N–H and O–H groups in total. The number of thioether (sulfide) groups is 1. The fourth-order valence-corrected chi connectivity index (χ4v) is 8.03. The molecule has 34 heavy (non-hydrogen) atoms. The van der Waals surface area contributed by atoms with Crippen LogP contribution in [0.4, 0.5) is 5.69 Å². The Morgan fingerprint density at radius 1 is 1.15 bits per heavy atom. The Bertz CT molecular complexity index is 1060. The molecule has 0 radical (unpaired) electrons. The number of anilines is 1. The number of cyclic esters (lactones) is 1. The van der Waals surface area contributed by atoms with Crippen LogP contribution in [0.5, 0.6) is 0 Å². The minimum Gasteiger partial charge on any atom is -0.465 e. The summed E-state index contributed by atoms with van der Waals surface area (Å²) in [5.74, 6) is -2.19. The van der Waals surface area contributed by atoms with E-state index in [4.69, 9.17) is 4.74 Å². The van der Waals surface area contributed by atoms with Gasteiger partial charge in [0.15, 0.2) is 0 Å².